The Morgan fingerprint density at radius 1 is 1.17 bits per heavy atom. The van der Waals surface area contributed by atoms with Gasteiger partial charge in [0.25, 0.3) is 0 Å². The normalized spacial score (nSPS) is 21.3. The number of hydrogen-bond donors (Lipinski definition) is 1. The van der Waals surface area contributed by atoms with E-state index in [0.717, 1.165) is 0 Å². The number of phenols is 1. The minimum Gasteiger partial charge on any atom is -0.506 e. The number of rotatable bonds is 1. The van der Waals surface area contributed by atoms with Gasteiger partial charge in [0.05, 0.1) is 11.2 Å². The first kappa shape index (κ1) is 13.7. The maximum Gasteiger partial charge on any atom is 0.495 e. The molecule has 1 aromatic rings. The van der Waals surface area contributed by atoms with Crippen molar-refractivity contribution in [1.29, 1.82) is 0 Å². The Labute approximate surface area is 111 Å². The van der Waals surface area contributed by atoms with Gasteiger partial charge in [0, 0.05) is 0 Å². The van der Waals surface area contributed by atoms with Gasteiger partial charge >= 0.3 is 7.12 Å². The molecular formula is C12H15BClFO3. The summed E-state index contributed by atoms with van der Waals surface area (Å²) in [5.41, 5.74) is -0.611. The number of hydrogen-bond acceptors (Lipinski definition) is 3. The van der Waals surface area contributed by atoms with Crippen molar-refractivity contribution in [3.63, 3.8) is 0 Å². The van der Waals surface area contributed by atoms with Crippen molar-refractivity contribution >= 4 is 24.2 Å². The first-order chi connectivity index (χ1) is 8.14. The predicted molar refractivity (Wildman–Crippen MR) is 68.8 cm³/mol. The lowest BCUT2D eigenvalue weighted by molar-refractivity contribution is 0.00578. The van der Waals surface area contributed by atoms with Crippen molar-refractivity contribution in [3.8, 4) is 5.75 Å². The van der Waals surface area contributed by atoms with Gasteiger partial charge in [0.2, 0.25) is 0 Å². The largest absolute Gasteiger partial charge is 0.506 e. The van der Waals surface area contributed by atoms with E-state index in [4.69, 9.17) is 20.9 Å². The molecule has 1 aliphatic rings. The second kappa shape index (κ2) is 4.12. The van der Waals surface area contributed by atoms with E-state index < -0.39 is 24.1 Å². The van der Waals surface area contributed by atoms with Gasteiger partial charge in [0.15, 0.2) is 0 Å². The van der Waals surface area contributed by atoms with Crippen LogP contribution < -0.4 is 5.46 Å². The van der Waals surface area contributed by atoms with Crippen LogP contribution in [0, 0.1) is 5.82 Å². The smallest absolute Gasteiger partial charge is 0.495 e. The molecule has 2 rings (SSSR count). The molecule has 0 amide bonds. The Kier molecular flexibility index (Phi) is 3.12. The van der Waals surface area contributed by atoms with E-state index in [1.807, 2.05) is 27.7 Å². The molecule has 0 atom stereocenters. The Balaban J connectivity index is 2.36. The molecule has 1 fully saturated rings. The highest BCUT2D eigenvalue weighted by Gasteiger charge is 2.51. The van der Waals surface area contributed by atoms with Gasteiger partial charge in [0.1, 0.15) is 16.6 Å². The average Bonchev–Trinajstić information content (AvgIpc) is 2.44. The van der Waals surface area contributed by atoms with E-state index in [1.165, 1.54) is 12.1 Å². The number of phenolic OH excluding ortho intramolecular Hbond substituents is 1. The van der Waals surface area contributed by atoms with Gasteiger partial charge in [-0.25, -0.2) is 4.39 Å². The summed E-state index contributed by atoms with van der Waals surface area (Å²) in [5.74, 6) is -1.01. The lowest BCUT2D eigenvalue weighted by Gasteiger charge is -2.32. The SMILES string of the molecule is CC1(C)OB(c2cc(O)c(Cl)c(F)c2)OC1(C)C. The molecule has 3 nitrogen and oxygen atoms in total. The van der Waals surface area contributed by atoms with E-state index >= 15 is 0 Å². The molecule has 0 unspecified atom stereocenters. The van der Waals surface area contributed by atoms with Crippen molar-refractivity contribution in [2.45, 2.75) is 38.9 Å². The van der Waals surface area contributed by atoms with Crippen LogP contribution in [0.5, 0.6) is 5.75 Å². The summed E-state index contributed by atoms with van der Waals surface area (Å²) < 4.78 is 25.0. The second-order valence-corrected chi connectivity index (χ2v) is 5.80. The standard InChI is InChI=1S/C12H15BClFO3/c1-11(2)12(3,4)18-13(17-11)7-5-8(15)10(14)9(16)6-7/h5-6,16H,1-4H3. The van der Waals surface area contributed by atoms with Crippen LogP contribution in [0.25, 0.3) is 0 Å². The maximum absolute atomic E-state index is 13.5. The molecule has 1 heterocycles. The third-order valence-electron chi connectivity index (χ3n) is 3.56. The molecule has 1 aliphatic heterocycles. The zero-order valence-electron chi connectivity index (χ0n) is 10.8. The van der Waals surface area contributed by atoms with E-state index in [1.54, 1.807) is 0 Å². The van der Waals surface area contributed by atoms with E-state index in [9.17, 15) is 9.50 Å². The van der Waals surface area contributed by atoms with Crippen LogP contribution in [0.3, 0.4) is 0 Å². The monoisotopic (exact) mass is 272 g/mol. The van der Waals surface area contributed by atoms with Crippen molar-refractivity contribution in [2.24, 2.45) is 0 Å². The van der Waals surface area contributed by atoms with Gasteiger partial charge in [-0.2, -0.15) is 0 Å². The third kappa shape index (κ3) is 2.11. The zero-order chi connectivity index (χ0) is 13.7. The highest BCUT2D eigenvalue weighted by molar-refractivity contribution is 6.62. The molecule has 0 aromatic heterocycles. The molecule has 1 N–H and O–H groups in total. The van der Waals surface area contributed by atoms with Crippen LogP contribution in [-0.2, 0) is 9.31 Å². The summed E-state index contributed by atoms with van der Waals surface area (Å²) in [7, 11) is -0.715. The van der Waals surface area contributed by atoms with Crippen LogP contribution in [-0.4, -0.2) is 23.4 Å². The van der Waals surface area contributed by atoms with E-state index in [2.05, 4.69) is 0 Å². The Morgan fingerprint density at radius 2 is 1.67 bits per heavy atom. The van der Waals surface area contributed by atoms with Gasteiger partial charge in [-0.1, -0.05) is 11.6 Å². The number of benzene rings is 1. The Bertz CT molecular complexity index is 451. The molecule has 1 aromatic carbocycles. The number of aromatic hydroxyl groups is 1. The lowest BCUT2D eigenvalue weighted by Crippen LogP contribution is -2.41. The Hall–Kier alpha value is -0.775. The average molecular weight is 273 g/mol. The summed E-state index contributed by atoms with van der Waals surface area (Å²) in [6.07, 6.45) is 0. The Morgan fingerprint density at radius 3 is 2.11 bits per heavy atom. The molecule has 0 bridgehead atoms. The highest BCUT2D eigenvalue weighted by Crippen LogP contribution is 2.37. The van der Waals surface area contributed by atoms with Crippen LogP contribution in [0.15, 0.2) is 12.1 Å². The fraction of sp³-hybridized carbons (Fsp3) is 0.500. The molecule has 6 heteroatoms. The minimum absolute atomic E-state index is 0.296. The topological polar surface area (TPSA) is 38.7 Å². The first-order valence-corrected chi connectivity index (χ1v) is 6.05. The maximum atomic E-state index is 13.5. The van der Waals surface area contributed by atoms with Crippen molar-refractivity contribution < 1.29 is 18.8 Å². The molecule has 1 saturated heterocycles. The first-order valence-electron chi connectivity index (χ1n) is 5.67. The van der Waals surface area contributed by atoms with Crippen LogP contribution in [0.2, 0.25) is 5.02 Å². The third-order valence-corrected chi connectivity index (χ3v) is 3.93. The van der Waals surface area contributed by atoms with Crippen LogP contribution >= 0.6 is 11.6 Å². The fourth-order valence-electron chi connectivity index (χ4n) is 1.71. The lowest BCUT2D eigenvalue weighted by atomic mass is 9.79. The zero-order valence-corrected chi connectivity index (χ0v) is 11.5. The summed E-state index contributed by atoms with van der Waals surface area (Å²) in [4.78, 5) is 0. The molecule has 0 aliphatic carbocycles. The molecule has 98 valence electrons. The van der Waals surface area contributed by atoms with Gasteiger partial charge in [-0.3, -0.25) is 0 Å². The number of halogens is 2. The molecule has 0 spiro atoms. The van der Waals surface area contributed by atoms with Gasteiger partial charge in [-0.05, 0) is 45.3 Å². The van der Waals surface area contributed by atoms with E-state index in [-0.39, 0.29) is 10.8 Å². The fourth-order valence-corrected chi connectivity index (χ4v) is 1.82. The van der Waals surface area contributed by atoms with Crippen molar-refractivity contribution in [3.05, 3.63) is 23.0 Å². The summed E-state index contributed by atoms with van der Waals surface area (Å²) in [6, 6.07) is 2.57. The van der Waals surface area contributed by atoms with E-state index in [0.29, 0.717) is 5.46 Å². The summed E-state index contributed by atoms with van der Waals surface area (Å²) in [5, 5.41) is 9.22. The van der Waals surface area contributed by atoms with Crippen LogP contribution in [0.4, 0.5) is 4.39 Å². The highest BCUT2D eigenvalue weighted by atomic mass is 35.5. The van der Waals surface area contributed by atoms with Gasteiger partial charge < -0.3 is 14.4 Å². The van der Waals surface area contributed by atoms with Gasteiger partial charge in [-0.15, -0.1) is 0 Å². The van der Waals surface area contributed by atoms with Crippen LogP contribution in [0.1, 0.15) is 27.7 Å². The summed E-state index contributed by atoms with van der Waals surface area (Å²) in [6.45, 7) is 7.61. The quantitative estimate of drug-likeness (QED) is 0.798. The molecule has 18 heavy (non-hydrogen) atoms. The second-order valence-electron chi connectivity index (χ2n) is 5.42. The molecular weight excluding hydrogens is 257 g/mol. The predicted octanol–water partition coefficient (Wildman–Crippen LogP) is 2.48. The summed E-state index contributed by atoms with van der Waals surface area (Å²) >= 11 is 5.56. The molecule has 0 saturated carbocycles. The molecule has 0 radical (unpaired) electrons. The van der Waals surface area contributed by atoms with Crippen molar-refractivity contribution in [1.82, 2.24) is 0 Å². The minimum atomic E-state index is -0.715. The van der Waals surface area contributed by atoms with Crippen molar-refractivity contribution in [2.75, 3.05) is 0 Å².